The first-order valence-electron chi connectivity index (χ1n) is 11.0. The number of benzene rings is 2. The van der Waals surface area contributed by atoms with Gasteiger partial charge in [-0.2, -0.15) is 0 Å². The smallest absolute Gasteiger partial charge is 0.270 e. The average molecular weight is 432 g/mol. The van der Waals surface area contributed by atoms with Gasteiger partial charge >= 0.3 is 0 Å². The van der Waals surface area contributed by atoms with Crippen LogP contribution >= 0.6 is 0 Å². The van der Waals surface area contributed by atoms with E-state index < -0.39 is 0 Å². The molecule has 2 N–H and O–H groups in total. The number of amides is 2. The molecule has 32 heavy (non-hydrogen) atoms. The zero-order chi connectivity index (χ0) is 22.3. The van der Waals surface area contributed by atoms with Crippen LogP contribution in [0, 0.1) is 6.92 Å². The van der Waals surface area contributed by atoms with Crippen molar-refractivity contribution in [3.8, 4) is 0 Å². The predicted molar refractivity (Wildman–Crippen MR) is 125 cm³/mol. The molecule has 1 aromatic heterocycles. The van der Waals surface area contributed by atoms with E-state index >= 15 is 0 Å². The van der Waals surface area contributed by atoms with Gasteiger partial charge in [0.25, 0.3) is 5.91 Å². The van der Waals surface area contributed by atoms with Crippen LogP contribution in [0.3, 0.4) is 0 Å². The number of carbonyl (C=O) groups excluding carboxylic acids is 2. The molecule has 7 nitrogen and oxygen atoms in total. The summed E-state index contributed by atoms with van der Waals surface area (Å²) >= 11 is 0. The van der Waals surface area contributed by atoms with Crippen LogP contribution in [0.1, 0.15) is 28.0 Å². The lowest BCUT2D eigenvalue weighted by Crippen LogP contribution is -2.47. The Labute approximate surface area is 188 Å². The van der Waals surface area contributed by atoms with E-state index in [0.29, 0.717) is 18.5 Å². The molecule has 1 saturated heterocycles. The van der Waals surface area contributed by atoms with E-state index in [1.807, 2.05) is 37.3 Å². The molecule has 2 aromatic carbocycles. The molecule has 0 unspecified atom stereocenters. The Kier molecular flexibility index (Phi) is 7.09. The first-order chi connectivity index (χ1) is 15.6. The minimum atomic E-state index is -0.338. The van der Waals surface area contributed by atoms with Crippen molar-refractivity contribution in [1.82, 2.24) is 25.6 Å². The Balaban J connectivity index is 1.20. The third-order valence-electron chi connectivity index (χ3n) is 5.77. The summed E-state index contributed by atoms with van der Waals surface area (Å²) in [6, 6.07) is 19.7. The summed E-state index contributed by atoms with van der Waals surface area (Å²) in [6.07, 6.45) is 0.342. The number of para-hydroxylation sites is 1. The third-order valence-corrected chi connectivity index (χ3v) is 5.77. The maximum Gasteiger partial charge on any atom is 0.270 e. The van der Waals surface area contributed by atoms with Crippen molar-refractivity contribution >= 4 is 22.7 Å². The average Bonchev–Trinajstić information content (AvgIpc) is 2.82. The lowest BCUT2D eigenvalue weighted by atomic mass is 10.1. The van der Waals surface area contributed by atoms with Gasteiger partial charge in [0.15, 0.2) is 0 Å². The lowest BCUT2D eigenvalue weighted by Gasteiger charge is -2.34. The zero-order valence-electron chi connectivity index (χ0n) is 18.4. The maximum absolute atomic E-state index is 12.6. The van der Waals surface area contributed by atoms with Gasteiger partial charge in [0.05, 0.1) is 11.1 Å². The topological polar surface area (TPSA) is 77.6 Å². The summed E-state index contributed by atoms with van der Waals surface area (Å²) in [5.74, 6) is -0.533. The van der Waals surface area contributed by atoms with Gasteiger partial charge in [-0.25, -0.2) is 0 Å². The van der Waals surface area contributed by atoms with Gasteiger partial charge in [-0.3, -0.25) is 30.3 Å². The quantitative estimate of drug-likeness (QED) is 0.587. The van der Waals surface area contributed by atoms with Crippen LogP contribution in [0.4, 0.5) is 0 Å². The van der Waals surface area contributed by atoms with Crippen molar-refractivity contribution in [2.24, 2.45) is 0 Å². The van der Waals surface area contributed by atoms with E-state index in [9.17, 15) is 9.59 Å². The molecule has 166 valence electrons. The Hall–Kier alpha value is -3.29. The SMILES string of the molecule is Cc1cc(C(=O)NNC(=O)CCN2CCN(Cc3ccccc3)CC2)c2ccccc2n1. The molecule has 0 radical (unpaired) electrons. The van der Waals surface area contributed by atoms with Gasteiger partial charge in [0.2, 0.25) is 5.91 Å². The summed E-state index contributed by atoms with van der Waals surface area (Å²) in [6.45, 7) is 7.34. The number of fused-ring (bicyclic) bond motifs is 1. The highest BCUT2D eigenvalue weighted by Crippen LogP contribution is 2.18. The number of nitrogens with zero attached hydrogens (tertiary/aromatic N) is 3. The third kappa shape index (κ3) is 5.69. The molecule has 3 aromatic rings. The van der Waals surface area contributed by atoms with Crippen LogP contribution in [0.2, 0.25) is 0 Å². The normalized spacial score (nSPS) is 14.9. The second-order valence-corrected chi connectivity index (χ2v) is 8.18. The number of aryl methyl sites for hydroxylation is 1. The second-order valence-electron chi connectivity index (χ2n) is 8.18. The van der Waals surface area contributed by atoms with Gasteiger partial charge in [-0.05, 0) is 24.6 Å². The summed E-state index contributed by atoms with van der Waals surface area (Å²) in [7, 11) is 0. The van der Waals surface area contributed by atoms with E-state index in [1.165, 1.54) is 5.56 Å². The number of pyridine rings is 1. The van der Waals surface area contributed by atoms with Gasteiger partial charge in [0, 0.05) is 56.8 Å². The summed E-state index contributed by atoms with van der Waals surface area (Å²) < 4.78 is 0. The molecule has 7 heteroatoms. The molecule has 0 saturated carbocycles. The number of carbonyl (C=O) groups is 2. The van der Waals surface area contributed by atoms with Gasteiger partial charge in [0.1, 0.15) is 0 Å². The van der Waals surface area contributed by atoms with Crippen molar-refractivity contribution in [1.29, 1.82) is 0 Å². The van der Waals surface area contributed by atoms with E-state index in [0.717, 1.165) is 49.3 Å². The van der Waals surface area contributed by atoms with Crippen LogP contribution in [0.5, 0.6) is 0 Å². The van der Waals surface area contributed by atoms with Crippen molar-refractivity contribution in [2.75, 3.05) is 32.7 Å². The monoisotopic (exact) mass is 431 g/mol. The zero-order valence-corrected chi connectivity index (χ0v) is 18.4. The summed E-state index contributed by atoms with van der Waals surface area (Å²) in [5, 5.41) is 0.762. The van der Waals surface area contributed by atoms with Gasteiger partial charge in [-0.15, -0.1) is 0 Å². The summed E-state index contributed by atoms with van der Waals surface area (Å²) in [5.41, 5.74) is 8.44. The molecule has 0 bridgehead atoms. The minimum absolute atomic E-state index is 0.194. The predicted octanol–water partition coefficient (Wildman–Crippen LogP) is 2.51. The molecule has 1 fully saturated rings. The number of rotatable bonds is 6. The van der Waals surface area contributed by atoms with Crippen LogP contribution < -0.4 is 10.9 Å². The van der Waals surface area contributed by atoms with Gasteiger partial charge in [-0.1, -0.05) is 48.5 Å². The van der Waals surface area contributed by atoms with Crippen LogP contribution in [0.25, 0.3) is 10.9 Å². The fourth-order valence-electron chi connectivity index (χ4n) is 4.02. The Morgan fingerprint density at radius 3 is 2.38 bits per heavy atom. The number of hydrogen-bond donors (Lipinski definition) is 2. The highest BCUT2D eigenvalue weighted by molar-refractivity contribution is 6.06. The molecular weight excluding hydrogens is 402 g/mol. The molecule has 2 amide bonds. The summed E-state index contributed by atoms with van der Waals surface area (Å²) in [4.78, 5) is 34.1. The number of aromatic nitrogens is 1. The van der Waals surface area contributed by atoms with Crippen molar-refractivity contribution in [3.05, 3.63) is 77.5 Å². The molecule has 0 aliphatic carbocycles. The molecular formula is C25H29N5O2. The molecule has 4 rings (SSSR count). The minimum Gasteiger partial charge on any atom is -0.300 e. The van der Waals surface area contributed by atoms with Gasteiger partial charge < -0.3 is 4.90 Å². The Morgan fingerprint density at radius 2 is 1.59 bits per heavy atom. The van der Waals surface area contributed by atoms with Crippen LogP contribution in [0.15, 0.2) is 60.7 Å². The first kappa shape index (κ1) is 21.9. The lowest BCUT2D eigenvalue weighted by molar-refractivity contribution is -0.122. The fraction of sp³-hybridized carbons (Fsp3) is 0.320. The Morgan fingerprint density at radius 1 is 0.906 bits per heavy atom. The van der Waals surface area contributed by atoms with E-state index in [1.54, 1.807) is 6.07 Å². The standard InChI is InChI=1S/C25H29N5O2/c1-19-17-22(21-9-5-6-10-23(21)26-19)25(32)28-27-24(31)11-12-29-13-15-30(16-14-29)18-20-7-3-2-4-8-20/h2-10,17H,11-16,18H2,1H3,(H,27,31)(H,28,32). The van der Waals surface area contributed by atoms with Crippen molar-refractivity contribution < 1.29 is 9.59 Å². The van der Waals surface area contributed by atoms with E-state index in [-0.39, 0.29) is 11.8 Å². The fourth-order valence-corrected chi connectivity index (χ4v) is 4.02. The second kappa shape index (κ2) is 10.3. The first-order valence-corrected chi connectivity index (χ1v) is 11.0. The largest absolute Gasteiger partial charge is 0.300 e. The van der Waals surface area contributed by atoms with Crippen molar-refractivity contribution in [3.63, 3.8) is 0 Å². The number of nitrogens with one attached hydrogen (secondary N) is 2. The van der Waals surface area contributed by atoms with E-state index in [2.05, 4.69) is 49.9 Å². The van der Waals surface area contributed by atoms with E-state index in [4.69, 9.17) is 0 Å². The van der Waals surface area contributed by atoms with Crippen molar-refractivity contribution in [2.45, 2.75) is 19.9 Å². The molecule has 1 aliphatic heterocycles. The molecule has 0 atom stereocenters. The molecule has 0 spiro atoms. The van der Waals surface area contributed by atoms with Crippen LogP contribution in [-0.2, 0) is 11.3 Å². The highest BCUT2D eigenvalue weighted by Gasteiger charge is 2.18. The Bertz CT molecular complexity index is 1080. The highest BCUT2D eigenvalue weighted by atomic mass is 16.2. The molecule has 2 heterocycles. The number of hydrazine groups is 1. The number of piperazine rings is 1. The number of hydrogen-bond acceptors (Lipinski definition) is 5. The molecule has 1 aliphatic rings. The maximum atomic E-state index is 12.6. The van der Waals surface area contributed by atoms with Crippen LogP contribution in [-0.4, -0.2) is 59.3 Å².